The Hall–Kier alpha value is -0.680. The van der Waals surface area contributed by atoms with Crippen molar-refractivity contribution in [3.63, 3.8) is 0 Å². The van der Waals surface area contributed by atoms with Gasteiger partial charge in [-0.2, -0.15) is 12.6 Å². The number of aromatic nitrogens is 3. The van der Waals surface area contributed by atoms with E-state index in [1.807, 2.05) is 28.8 Å². The van der Waals surface area contributed by atoms with Crippen molar-refractivity contribution in [2.24, 2.45) is 5.92 Å². The molecule has 2 aromatic rings. The smallest absolute Gasteiger partial charge is 0.195 e. The van der Waals surface area contributed by atoms with Crippen LogP contribution in [0.5, 0.6) is 0 Å². The second-order valence-electron chi connectivity index (χ2n) is 4.17. The van der Waals surface area contributed by atoms with E-state index < -0.39 is 0 Å². The number of pyridine rings is 1. The maximum Gasteiger partial charge on any atom is 0.195 e. The van der Waals surface area contributed by atoms with E-state index >= 15 is 0 Å². The summed E-state index contributed by atoms with van der Waals surface area (Å²) in [7, 11) is 0. The molecular formula is C12H17N3S2. The number of thioether (sulfide) groups is 1. The molecule has 0 aliphatic heterocycles. The highest BCUT2D eigenvalue weighted by atomic mass is 32.2. The zero-order valence-electron chi connectivity index (χ0n) is 9.91. The van der Waals surface area contributed by atoms with Crippen molar-refractivity contribution in [1.82, 2.24) is 14.6 Å². The summed E-state index contributed by atoms with van der Waals surface area (Å²) in [5.41, 5.74) is 0.915. The molecule has 1 atom stereocenters. The Bertz CT molecular complexity index is 469. The van der Waals surface area contributed by atoms with Crippen molar-refractivity contribution in [1.29, 1.82) is 0 Å². The maximum atomic E-state index is 4.26. The third kappa shape index (κ3) is 3.39. The Morgan fingerprint density at radius 1 is 1.35 bits per heavy atom. The lowest BCUT2D eigenvalue weighted by molar-refractivity contribution is 0.553. The van der Waals surface area contributed by atoms with Crippen LogP contribution in [0.15, 0.2) is 29.6 Å². The van der Waals surface area contributed by atoms with Gasteiger partial charge in [-0.3, -0.25) is 4.40 Å². The average molecular weight is 267 g/mol. The summed E-state index contributed by atoms with van der Waals surface area (Å²) in [5, 5.41) is 9.32. The van der Waals surface area contributed by atoms with Gasteiger partial charge in [0, 0.05) is 11.9 Å². The summed E-state index contributed by atoms with van der Waals surface area (Å²) in [5.74, 6) is 2.80. The quantitative estimate of drug-likeness (QED) is 0.644. The predicted molar refractivity (Wildman–Crippen MR) is 76.0 cm³/mol. The Balaban J connectivity index is 1.91. The molecular weight excluding hydrogens is 250 g/mol. The summed E-state index contributed by atoms with van der Waals surface area (Å²) in [6, 6.07) is 5.96. The predicted octanol–water partition coefficient (Wildman–Crippen LogP) is 3.17. The SMILES string of the molecule is CC(CCS)CCSc1nnc2ccccn12. The summed E-state index contributed by atoms with van der Waals surface area (Å²) < 4.78 is 2.04. The van der Waals surface area contributed by atoms with Gasteiger partial charge >= 0.3 is 0 Å². The van der Waals surface area contributed by atoms with Gasteiger partial charge in [0.15, 0.2) is 10.8 Å². The van der Waals surface area contributed by atoms with Crippen LogP contribution in [-0.2, 0) is 0 Å². The Kier molecular flexibility index (Phi) is 4.74. The van der Waals surface area contributed by atoms with Gasteiger partial charge in [-0.25, -0.2) is 0 Å². The zero-order chi connectivity index (χ0) is 12.1. The van der Waals surface area contributed by atoms with Gasteiger partial charge < -0.3 is 0 Å². The number of rotatable bonds is 6. The summed E-state index contributed by atoms with van der Waals surface area (Å²) in [6.07, 6.45) is 4.39. The molecule has 17 heavy (non-hydrogen) atoms. The number of nitrogens with zero attached hydrogens (tertiary/aromatic N) is 3. The minimum Gasteiger partial charge on any atom is -0.277 e. The van der Waals surface area contributed by atoms with Crippen LogP contribution in [0, 0.1) is 5.92 Å². The first-order valence-corrected chi connectivity index (χ1v) is 7.46. The van der Waals surface area contributed by atoms with Crippen molar-refractivity contribution in [3.05, 3.63) is 24.4 Å². The molecule has 3 nitrogen and oxygen atoms in total. The van der Waals surface area contributed by atoms with Gasteiger partial charge in [0.2, 0.25) is 0 Å². The van der Waals surface area contributed by atoms with Crippen LogP contribution in [0.3, 0.4) is 0 Å². The number of hydrogen-bond acceptors (Lipinski definition) is 4. The molecule has 0 aliphatic rings. The van der Waals surface area contributed by atoms with Crippen LogP contribution in [0.25, 0.3) is 5.65 Å². The Morgan fingerprint density at radius 2 is 2.24 bits per heavy atom. The molecule has 0 amide bonds. The first-order valence-electron chi connectivity index (χ1n) is 5.84. The average Bonchev–Trinajstić information content (AvgIpc) is 2.73. The molecule has 0 spiro atoms. The van der Waals surface area contributed by atoms with E-state index in [4.69, 9.17) is 0 Å². The summed E-state index contributed by atoms with van der Waals surface area (Å²) in [6.45, 7) is 2.28. The molecule has 0 saturated heterocycles. The summed E-state index contributed by atoms with van der Waals surface area (Å²) in [4.78, 5) is 0. The second-order valence-corrected chi connectivity index (χ2v) is 5.68. The highest BCUT2D eigenvalue weighted by Gasteiger charge is 2.06. The minimum atomic E-state index is 0.735. The highest BCUT2D eigenvalue weighted by molar-refractivity contribution is 7.99. The molecule has 0 saturated carbocycles. The molecule has 0 N–H and O–H groups in total. The fourth-order valence-electron chi connectivity index (χ4n) is 1.63. The van der Waals surface area contributed by atoms with Crippen LogP contribution in [0.2, 0.25) is 0 Å². The lowest BCUT2D eigenvalue weighted by Gasteiger charge is -2.07. The van der Waals surface area contributed by atoms with Crippen LogP contribution in [-0.4, -0.2) is 26.1 Å². The van der Waals surface area contributed by atoms with E-state index in [1.54, 1.807) is 11.8 Å². The van der Waals surface area contributed by atoms with Gasteiger partial charge in [-0.1, -0.05) is 24.8 Å². The lowest BCUT2D eigenvalue weighted by atomic mass is 10.1. The molecule has 2 aromatic heterocycles. The van der Waals surface area contributed by atoms with Gasteiger partial charge in [0.1, 0.15) is 0 Å². The van der Waals surface area contributed by atoms with Crippen LogP contribution >= 0.6 is 24.4 Å². The molecule has 0 aliphatic carbocycles. The number of thiol groups is 1. The van der Waals surface area contributed by atoms with E-state index in [9.17, 15) is 0 Å². The van der Waals surface area contributed by atoms with Crippen molar-refractivity contribution in [2.45, 2.75) is 24.9 Å². The van der Waals surface area contributed by atoms with E-state index in [0.717, 1.165) is 28.2 Å². The molecule has 0 fully saturated rings. The first-order chi connectivity index (χ1) is 8.31. The molecule has 2 heterocycles. The van der Waals surface area contributed by atoms with E-state index in [-0.39, 0.29) is 0 Å². The third-order valence-corrected chi connectivity index (χ3v) is 3.98. The zero-order valence-corrected chi connectivity index (χ0v) is 11.6. The minimum absolute atomic E-state index is 0.735. The molecule has 92 valence electrons. The van der Waals surface area contributed by atoms with Crippen LogP contribution in [0.1, 0.15) is 19.8 Å². The maximum absolute atomic E-state index is 4.26. The normalized spacial score (nSPS) is 13.1. The van der Waals surface area contributed by atoms with Gasteiger partial charge in [-0.05, 0) is 36.6 Å². The van der Waals surface area contributed by atoms with E-state index in [1.165, 1.54) is 12.8 Å². The number of hydrogen-bond donors (Lipinski definition) is 1. The monoisotopic (exact) mass is 267 g/mol. The topological polar surface area (TPSA) is 30.2 Å². The lowest BCUT2D eigenvalue weighted by Crippen LogP contribution is -1.98. The largest absolute Gasteiger partial charge is 0.277 e. The standard InChI is InChI=1S/C12H17N3S2/c1-10(5-8-16)6-9-17-12-14-13-11-4-2-3-7-15(11)12/h2-4,7,10,16H,5-6,8-9H2,1H3. The van der Waals surface area contributed by atoms with Gasteiger partial charge in [0.25, 0.3) is 0 Å². The fraction of sp³-hybridized carbons (Fsp3) is 0.500. The molecule has 0 aromatic carbocycles. The molecule has 0 radical (unpaired) electrons. The van der Waals surface area contributed by atoms with E-state index in [2.05, 4.69) is 29.7 Å². The molecule has 2 rings (SSSR count). The van der Waals surface area contributed by atoms with Crippen LogP contribution < -0.4 is 0 Å². The van der Waals surface area contributed by atoms with E-state index in [0.29, 0.717) is 0 Å². The molecule has 1 unspecified atom stereocenters. The first kappa shape index (κ1) is 12.8. The van der Waals surface area contributed by atoms with Crippen molar-refractivity contribution in [2.75, 3.05) is 11.5 Å². The van der Waals surface area contributed by atoms with Crippen molar-refractivity contribution >= 4 is 30.0 Å². The Morgan fingerprint density at radius 3 is 3.06 bits per heavy atom. The number of fused-ring (bicyclic) bond motifs is 1. The second kappa shape index (κ2) is 6.31. The molecule has 5 heteroatoms. The van der Waals surface area contributed by atoms with Crippen molar-refractivity contribution in [3.8, 4) is 0 Å². The molecule has 0 bridgehead atoms. The highest BCUT2D eigenvalue weighted by Crippen LogP contribution is 2.20. The third-order valence-electron chi connectivity index (χ3n) is 2.75. The van der Waals surface area contributed by atoms with Crippen LogP contribution in [0.4, 0.5) is 0 Å². The van der Waals surface area contributed by atoms with Gasteiger partial charge in [0.05, 0.1) is 0 Å². The summed E-state index contributed by atoms with van der Waals surface area (Å²) >= 11 is 6.03. The van der Waals surface area contributed by atoms with Crippen molar-refractivity contribution < 1.29 is 0 Å². The Labute approximate surface area is 111 Å². The van der Waals surface area contributed by atoms with Gasteiger partial charge in [-0.15, -0.1) is 10.2 Å². The fourth-order valence-corrected chi connectivity index (χ4v) is 3.17.